The van der Waals surface area contributed by atoms with E-state index in [2.05, 4.69) is 9.72 Å². The molecular weight excluding hydrogens is 377 g/mol. The first-order valence-corrected chi connectivity index (χ1v) is 8.06. The number of rotatable bonds is 2. The topological polar surface area (TPSA) is 88.3 Å². The fourth-order valence-corrected chi connectivity index (χ4v) is 3.18. The van der Waals surface area contributed by atoms with Gasteiger partial charge in [0, 0.05) is 5.69 Å². The number of aromatic nitrogens is 1. The van der Waals surface area contributed by atoms with Crippen LogP contribution in [-0.4, -0.2) is 23.2 Å². The van der Waals surface area contributed by atoms with Crippen molar-refractivity contribution in [1.29, 1.82) is 0 Å². The molecule has 142 valence electrons. The second kappa shape index (κ2) is 5.95. The van der Waals surface area contributed by atoms with E-state index in [0.717, 1.165) is 16.8 Å². The number of fused-ring (bicyclic) bond motifs is 1. The minimum atomic E-state index is -5.32. The summed E-state index contributed by atoms with van der Waals surface area (Å²) in [6.07, 6.45) is -6.89. The van der Waals surface area contributed by atoms with Crippen molar-refractivity contribution in [3.05, 3.63) is 70.5 Å². The smallest absolute Gasteiger partial charge is 0.417 e. The fourth-order valence-electron chi connectivity index (χ4n) is 3.18. The van der Waals surface area contributed by atoms with E-state index in [1.54, 1.807) is 18.2 Å². The van der Waals surface area contributed by atoms with Crippen LogP contribution in [-0.2, 0) is 15.1 Å². The number of carbonyl (C=O) groups is 2. The van der Waals surface area contributed by atoms with E-state index in [1.165, 1.54) is 11.4 Å². The maximum absolute atomic E-state index is 13.6. The SMILES string of the molecule is O=C1NC(=O)C(c2ccc(-c3ccc4ccccc4c3)[nH]c2=O)(C(F)(F)F)O1. The molecule has 1 aliphatic heterocycles. The van der Waals surface area contributed by atoms with E-state index in [4.69, 9.17) is 0 Å². The van der Waals surface area contributed by atoms with Gasteiger partial charge in [0.2, 0.25) is 0 Å². The van der Waals surface area contributed by atoms with Crippen LogP contribution in [0.3, 0.4) is 0 Å². The Balaban J connectivity index is 1.84. The van der Waals surface area contributed by atoms with Gasteiger partial charge in [0.15, 0.2) is 0 Å². The molecule has 3 aromatic rings. The van der Waals surface area contributed by atoms with Gasteiger partial charge in [-0.3, -0.25) is 14.9 Å². The molecular formula is C19H11F3N2O4. The average molecular weight is 388 g/mol. The molecule has 0 saturated carbocycles. The Morgan fingerprint density at radius 3 is 2.21 bits per heavy atom. The minimum absolute atomic E-state index is 0.251. The maximum Gasteiger partial charge on any atom is 0.442 e. The van der Waals surface area contributed by atoms with Gasteiger partial charge in [-0.05, 0) is 34.5 Å². The Bertz CT molecular complexity index is 1190. The Morgan fingerprint density at radius 1 is 0.893 bits per heavy atom. The van der Waals surface area contributed by atoms with Gasteiger partial charge >= 0.3 is 17.9 Å². The molecule has 2 heterocycles. The van der Waals surface area contributed by atoms with Gasteiger partial charge in [-0.15, -0.1) is 0 Å². The number of alkyl halides is 3. The number of pyridine rings is 1. The van der Waals surface area contributed by atoms with E-state index >= 15 is 0 Å². The first-order valence-electron chi connectivity index (χ1n) is 8.06. The molecule has 4 rings (SSSR count). The number of halogens is 3. The van der Waals surface area contributed by atoms with E-state index < -0.39 is 34.9 Å². The van der Waals surface area contributed by atoms with Gasteiger partial charge < -0.3 is 9.72 Å². The lowest BCUT2D eigenvalue weighted by Gasteiger charge is -2.26. The van der Waals surface area contributed by atoms with Gasteiger partial charge in [0.1, 0.15) is 0 Å². The molecule has 1 unspecified atom stereocenters. The van der Waals surface area contributed by atoms with Crippen LogP contribution in [0, 0.1) is 0 Å². The van der Waals surface area contributed by atoms with Gasteiger partial charge in [0.25, 0.3) is 11.5 Å². The third-order valence-electron chi connectivity index (χ3n) is 4.53. The minimum Gasteiger partial charge on any atom is -0.417 e. The summed E-state index contributed by atoms with van der Waals surface area (Å²) in [7, 11) is 0. The van der Waals surface area contributed by atoms with Crippen LogP contribution in [0.5, 0.6) is 0 Å². The Labute approximate surface area is 154 Å². The van der Waals surface area contributed by atoms with Crippen LogP contribution in [0.1, 0.15) is 5.56 Å². The van der Waals surface area contributed by atoms with Crippen molar-refractivity contribution in [2.45, 2.75) is 11.8 Å². The van der Waals surface area contributed by atoms with Gasteiger partial charge in [-0.2, -0.15) is 13.2 Å². The number of cyclic esters (lactones) is 1. The lowest BCUT2D eigenvalue weighted by Crippen LogP contribution is -2.52. The summed E-state index contributed by atoms with van der Waals surface area (Å²) in [5.74, 6) is -1.76. The number of H-pyrrole nitrogens is 1. The number of hydrogen-bond donors (Lipinski definition) is 2. The normalized spacial score (nSPS) is 19.5. The molecule has 2 amide bonds. The molecule has 0 bridgehead atoms. The predicted octanol–water partition coefficient (Wildman–Crippen LogP) is 3.22. The van der Waals surface area contributed by atoms with E-state index in [9.17, 15) is 27.6 Å². The maximum atomic E-state index is 13.6. The number of hydrogen-bond acceptors (Lipinski definition) is 4. The molecule has 1 aliphatic rings. The summed E-state index contributed by atoms with van der Waals surface area (Å²) in [6, 6.07) is 14.8. The van der Waals surface area contributed by atoms with Gasteiger partial charge in [-0.1, -0.05) is 36.4 Å². The number of alkyl carbamates (subject to hydrolysis) is 1. The van der Waals surface area contributed by atoms with Crippen LogP contribution in [0.4, 0.5) is 18.0 Å². The molecule has 28 heavy (non-hydrogen) atoms. The van der Waals surface area contributed by atoms with E-state index in [0.29, 0.717) is 5.56 Å². The molecule has 1 saturated heterocycles. The number of imide groups is 1. The zero-order valence-electron chi connectivity index (χ0n) is 14.0. The first kappa shape index (κ1) is 17.8. The van der Waals surface area contributed by atoms with Crippen molar-refractivity contribution >= 4 is 22.8 Å². The first-order chi connectivity index (χ1) is 13.2. The predicted molar refractivity (Wildman–Crippen MR) is 92.4 cm³/mol. The van der Waals surface area contributed by atoms with Crippen LogP contribution in [0.2, 0.25) is 0 Å². The lowest BCUT2D eigenvalue weighted by molar-refractivity contribution is -0.246. The number of nitrogens with one attached hydrogen (secondary N) is 2. The highest BCUT2D eigenvalue weighted by Gasteiger charge is 2.70. The second-order valence-corrected chi connectivity index (χ2v) is 6.20. The van der Waals surface area contributed by atoms with Crippen molar-refractivity contribution in [3.8, 4) is 11.3 Å². The highest BCUT2D eigenvalue weighted by atomic mass is 19.4. The molecule has 0 spiro atoms. The molecule has 6 nitrogen and oxygen atoms in total. The van der Waals surface area contributed by atoms with Crippen molar-refractivity contribution in [1.82, 2.24) is 10.3 Å². The zero-order chi connectivity index (χ0) is 20.1. The molecule has 0 radical (unpaired) electrons. The second-order valence-electron chi connectivity index (χ2n) is 6.20. The summed E-state index contributed by atoms with van der Waals surface area (Å²) < 4.78 is 45.1. The Kier molecular flexibility index (Phi) is 3.77. The number of ether oxygens (including phenoxy) is 1. The summed E-state index contributed by atoms with van der Waals surface area (Å²) in [5, 5.41) is 3.26. The summed E-state index contributed by atoms with van der Waals surface area (Å²) >= 11 is 0. The van der Waals surface area contributed by atoms with Crippen molar-refractivity contribution in [2.75, 3.05) is 0 Å². The van der Waals surface area contributed by atoms with E-state index in [1.807, 2.05) is 24.3 Å². The molecule has 1 aromatic heterocycles. The molecule has 2 aromatic carbocycles. The lowest BCUT2D eigenvalue weighted by atomic mass is 9.93. The Hall–Kier alpha value is -3.62. The van der Waals surface area contributed by atoms with Crippen molar-refractivity contribution < 1.29 is 27.5 Å². The van der Waals surface area contributed by atoms with Gasteiger partial charge in [-0.25, -0.2) is 4.79 Å². The highest BCUT2D eigenvalue weighted by Crippen LogP contribution is 2.43. The third-order valence-corrected chi connectivity index (χ3v) is 4.53. The average Bonchev–Trinajstić information content (AvgIpc) is 2.96. The Morgan fingerprint density at radius 2 is 1.61 bits per heavy atom. The third kappa shape index (κ3) is 2.55. The molecule has 1 atom stereocenters. The zero-order valence-corrected chi connectivity index (χ0v) is 14.0. The largest absolute Gasteiger partial charge is 0.442 e. The number of carbonyl (C=O) groups excluding carboxylic acids is 2. The van der Waals surface area contributed by atoms with Gasteiger partial charge in [0.05, 0.1) is 5.56 Å². The van der Waals surface area contributed by atoms with Crippen LogP contribution >= 0.6 is 0 Å². The standard InChI is InChI=1S/C19H11F3N2O4/c20-19(21,22)18(16(26)24-17(27)28-18)13-7-8-14(23-15(13)25)12-6-5-10-3-1-2-4-11(10)9-12/h1-9H,(H,23,25)(H,24,26,27). The number of amides is 2. The monoisotopic (exact) mass is 388 g/mol. The molecule has 9 heteroatoms. The number of benzene rings is 2. The highest BCUT2D eigenvalue weighted by molar-refractivity contribution is 6.04. The number of aromatic amines is 1. The van der Waals surface area contributed by atoms with Crippen molar-refractivity contribution in [3.63, 3.8) is 0 Å². The molecule has 0 aliphatic carbocycles. The van der Waals surface area contributed by atoms with Crippen LogP contribution in [0.15, 0.2) is 59.4 Å². The summed E-state index contributed by atoms with van der Waals surface area (Å²) in [5.41, 5.74) is -5.07. The molecule has 1 fully saturated rings. The fraction of sp³-hybridized carbons (Fsp3) is 0.105. The summed E-state index contributed by atoms with van der Waals surface area (Å²) in [4.78, 5) is 37.9. The van der Waals surface area contributed by atoms with Crippen LogP contribution in [0.25, 0.3) is 22.0 Å². The summed E-state index contributed by atoms with van der Waals surface area (Å²) in [6.45, 7) is 0. The van der Waals surface area contributed by atoms with E-state index in [-0.39, 0.29) is 5.69 Å². The molecule has 2 N–H and O–H groups in total. The van der Waals surface area contributed by atoms with Crippen LogP contribution < -0.4 is 10.9 Å². The van der Waals surface area contributed by atoms with Crippen molar-refractivity contribution in [2.24, 2.45) is 0 Å². The quantitative estimate of drug-likeness (QED) is 0.706.